The van der Waals surface area contributed by atoms with Crippen LogP contribution in [0.15, 0.2) is 12.1 Å². The maximum absolute atomic E-state index is 5.49. The zero-order valence-corrected chi connectivity index (χ0v) is 8.22. The topological polar surface area (TPSA) is 0 Å². The molecule has 0 bridgehead atoms. The highest BCUT2D eigenvalue weighted by Gasteiger charge is 2.25. The zero-order chi connectivity index (χ0) is 9.42. The molecule has 0 N–H and O–H groups in total. The number of hydrogen-bond donors (Lipinski definition) is 0. The van der Waals surface area contributed by atoms with Gasteiger partial charge in [-0.2, -0.15) is 0 Å². The average Bonchev–Trinajstić information content (AvgIpc) is 2.92. The van der Waals surface area contributed by atoms with Crippen molar-refractivity contribution in [2.45, 2.75) is 32.6 Å². The van der Waals surface area contributed by atoms with E-state index >= 15 is 0 Å². The Balaban J connectivity index is 2.54. The highest BCUT2D eigenvalue weighted by Crippen LogP contribution is 2.42. The predicted octanol–water partition coefficient (Wildman–Crippen LogP) is 3.16. The Morgan fingerprint density at radius 1 is 1.23 bits per heavy atom. The van der Waals surface area contributed by atoms with Crippen LogP contribution in [-0.4, -0.2) is 0 Å². The van der Waals surface area contributed by atoms with Crippen LogP contribution in [0.5, 0.6) is 0 Å². The molecule has 0 unspecified atom stereocenters. The van der Waals surface area contributed by atoms with Crippen LogP contribution in [0.4, 0.5) is 0 Å². The zero-order valence-electron chi connectivity index (χ0n) is 8.22. The average molecular weight is 170 g/mol. The second-order valence-electron chi connectivity index (χ2n) is 3.94. The quantitative estimate of drug-likeness (QED) is 0.568. The van der Waals surface area contributed by atoms with Gasteiger partial charge in [0.25, 0.3) is 0 Å². The number of terminal acetylenes is 1. The van der Waals surface area contributed by atoms with E-state index in [1.54, 1.807) is 0 Å². The molecule has 0 heterocycles. The summed E-state index contributed by atoms with van der Waals surface area (Å²) >= 11 is 0. The van der Waals surface area contributed by atoms with Crippen LogP contribution in [-0.2, 0) is 0 Å². The largest absolute Gasteiger partial charge is 0.115 e. The molecule has 1 fully saturated rings. The third-order valence-corrected chi connectivity index (χ3v) is 2.84. The van der Waals surface area contributed by atoms with Gasteiger partial charge in [-0.05, 0) is 55.4 Å². The molecule has 0 radical (unpaired) electrons. The van der Waals surface area contributed by atoms with Crippen LogP contribution < -0.4 is 0 Å². The molecule has 1 aromatic rings. The SMILES string of the molecule is C#Cc1cc(C)c(C)cc1C1CC1. The molecular formula is C13H14. The third kappa shape index (κ3) is 1.47. The highest BCUT2D eigenvalue weighted by atomic mass is 14.3. The third-order valence-electron chi connectivity index (χ3n) is 2.84. The number of benzene rings is 1. The first-order chi connectivity index (χ1) is 6.22. The van der Waals surface area contributed by atoms with Gasteiger partial charge in [0.1, 0.15) is 0 Å². The van der Waals surface area contributed by atoms with Gasteiger partial charge in [0.15, 0.2) is 0 Å². The van der Waals surface area contributed by atoms with Crippen molar-refractivity contribution in [1.82, 2.24) is 0 Å². The first-order valence-electron chi connectivity index (χ1n) is 4.80. The second-order valence-corrected chi connectivity index (χ2v) is 3.94. The van der Waals surface area contributed by atoms with E-state index in [0.717, 1.165) is 11.5 Å². The fourth-order valence-corrected chi connectivity index (χ4v) is 1.70. The van der Waals surface area contributed by atoms with Gasteiger partial charge in [-0.15, -0.1) is 6.42 Å². The standard InChI is InChI=1S/C13H14/c1-4-11-7-9(2)10(3)8-13(11)12-5-6-12/h1,7-8,12H,5-6H2,2-3H3. The Bertz CT molecular complexity index is 376. The summed E-state index contributed by atoms with van der Waals surface area (Å²) in [6.07, 6.45) is 8.12. The fraction of sp³-hybridized carbons (Fsp3) is 0.385. The van der Waals surface area contributed by atoms with Crippen molar-refractivity contribution in [2.24, 2.45) is 0 Å². The summed E-state index contributed by atoms with van der Waals surface area (Å²) in [5.74, 6) is 3.54. The van der Waals surface area contributed by atoms with Crippen molar-refractivity contribution in [3.8, 4) is 12.3 Å². The number of aryl methyl sites for hydroxylation is 2. The van der Waals surface area contributed by atoms with Gasteiger partial charge < -0.3 is 0 Å². The van der Waals surface area contributed by atoms with E-state index in [1.807, 2.05) is 0 Å². The fourth-order valence-electron chi connectivity index (χ4n) is 1.70. The van der Waals surface area contributed by atoms with E-state index in [-0.39, 0.29) is 0 Å². The van der Waals surface area contributed by atoms with E-state index in [9.17, 15) is 0 Å². The molecule has 0 saturated heterocycles. The molecule has 0 atom stereocenters. The Labute approximate surface area is 80.0 Å². The van der Waals surface area contributed by atoms with Crippen LogP contribution in [0, 0.1) is 26.2 Å². The second kappa shape index (κ2) is 2.92. The monoisotopic (exact) mass is 170 g/mol. The Morgan fingerprint density at radius 3 is 2.38 bits per heavy atom. The molecule has 0 amide bonds. The molecule has 66 valence electrons. The van der Waals surface area contributed by atoms with Crippen LogP contribution in [0.1, 0.15) is 41.0 Å². The molecule has 0 aromatic heterocycles. The molecular weight excluding hydrogens is 156 g/mol. The molecule has 0 nitrogen and oxygen atoms in total. The Kier molecular flexibility index (Phi) is 1.88. The predicted molar refractivity (Wildman–Crippen MR) is 55.8 cm³/mol. The molecule has 0 heteroatoms. The van der Waals surface area contributed by atoms with Gasteiger partial charge in [0, 0.05) is 5.56 Å². The van der Waals surface area contributed by atoms with Gasteiger partial charge in [-0.25, -0.2) is 0 Å². The minimum Gasteiger partial charge on any atom is -0.115 e. The maximum Gasteiger partial charge on any atom is 0.0280 e. The lowest BCUT2D eigenvalue weighted by Crippen LogP contribution is -1.91. The van der Waals surface area contributed by atoms with Crippen LogP contribution in [0.3, 0.4) is 0 Å². The molecule has 1 aliphatic carbocycles. The van der Waals surface area contributed by atoms with Gasteiger partial charge in [-0.1, -0.05) is 12.0 Å². The summed E-state index contributed by atoms with van der Waals surface area (Å²) < 4.78 is 0. The summed E-state index contributed by atoms with van der Waals surface area (Å²) in [6.45, 7) is 4.27. The lowest BCUT2D eigenvalue weighted by molar-refractivity contribution is 1.10. The Hall–Kier alpha value is -1.22. The first kappa shape index (κ1) is 8.38. The van der Waals surface area contributed by atoms with Crippen molar-refractivity contribution >= 4 is 0 Å². The lowest BCUT2D eigenvalue weighted by atomic mass is 9.97. The molecule has 13 heavy (non-hydrogen) atoms. The molecule has 0 spiro atoms. The van der Waals surface area contributed by atoms with E-state index in [4.69, 9.17) is 6.42 Å². The van der Waals surface area contributed by atoms with Crippen molar-refractivity contribution in [2.75, 3.05) is 0 Å². The van der Waals surface area contributed by atoms with E-state index < -0.39 is 0 Å². The number of hydrogen-bond acceptors (Lipinski definition) is 0. The van der Waals surface area contributed by atoms with Gasteiger partial charge in [0.05, 0.1) is 0 Å². The normalized spacial score (nSPS) is 15.5. The summed E-state index contributed by atoms with van der Waals surface area (Å²) in [6, 6.07) is 4.41. The van der Waals surface area contributed by atoms with Gasteiger partial charge >= 0.3 is 0 Å². The summed E-state index contributed by atoms with van der Waals surface area (Å²) in [5.41, 5.74) is 5.16. The summed E-state index contributed by atoms with van der Waals surface area (Å²) in [5, 5.41) is 0. The van der Waals surface area contributed by atoms with Crippen molar-refractivity contribution in [3.63, 3.8) is 0 Å². The van der Waals surface area contributed by atoms with Crippen molar-refractivity contribution < 1.29 is 0 Å². The minimum atomic E-state index is 0.755. The first-order valence-corrected chi connectivity index (χ1v) is 4.80. The summed E-state index contributed by atoms with van der Waals surface area (Å²) in [7, 11) is 0. The lowest BCUT2D eigenvalue weighted by Gasteiger charge is -2.07. The molecule has 0 aliphatic heterocycles. The van der Waals surface area contributed by atoms with Gasteiger partial charge in [-0.3, -0.25) is 0 Å². The van der Waals surface area contributed by atoms with Crippen molar-refractivity contribution in [1.29, 1.82) is 0 Å². The van der Waals surface area contributed by atoms with Crippen LogP contribution in [0.2, 0.25) is 0 Å². The highest BCUT2D eigenvalue weighted by molar-refractivity contribution is 5.48. The molecule has 1 saturated carbocycles. The van der Waals surface area contributed by atoms with E-state index in [0.29, 0.717) is 0 Å². The maximum atomic E-state index is 5.49. The van der Waals surface area contributed by atoms with E-state index in [2.05, 4.69) is 31.9 Å². The molecule has 2 rings (SSSR count). The summed E-state index contributed by atoms with van der Waals surface area (Å²) in [4.78, 5) is 0. The van der Waals surface area contributed by atoms with Crippen LogP contribution in [0.25, 0.3) is 0 Å². The molecule has 1 aliphatic rings. The Morgan fingerprint density at radius 2 is 1.85 bits per heavy atom. The minimum absolute atomic E-state index is 0.755. The molecule has 1 aromatic carbocycles. The van der Waals surface area contributed by atoms with Crippen LogP contribution >= 0.6 is 0 Å². The number of rotatable bonds is 1. The smallest absolute Gasteiger partial charge is 0.0280 e. The van der Waals surface area contributed by atoms with Crippen molar-refractivity contribution in [3.05, 3.63) is 34.4 Å². The van der Waals surface area contributed by atoms with Gasteiger partial charge in [0.2, 0.25) is 0 Å². The van der Waals surface area contributed by atoms with E-state index in [1.165, 1.54) is 29.5 Å².